The Morgan fingerprint density at radius 2 is 2.27 bits per heavy atom. The van der Waals surface area contributed by atoms with E-state index in [0.717, 1.165) is 16.3 Å². The Hall–Kier alpha value is -0.340. The second kappa shape index (κ2) is 3.88. The summed E-state index contributed by atoms with van der Waals surface area (Å²) in [6, 6.07) is 5.78. The van der Waals surface area contributed by atoms with E-state index in [2.05, 4.69) is 17.9 Å². The van der Waals surface area contributed by atoms with Crippen LogP contribution in [-0.4, -0.2) is 5.88 Å². The van der Waals surface area contributed by atoms with Crippen LogP contribution in [0, 0.1) is 6.92 Å². The average molecular weight is 188 g/mol. The van der Waals surface area contributed by atoms with Gasteiger partial charge in [-0.2, -0.15) is 12.6 Å². The van der Waals surface area contributed by atoms with Crippen molar-refractivity contribution in [2.24, 2.45) is 0 Å². The fourth-order valence-corrected chi connectivity index (χ4v) is 1.23. The van der Waals surface area contributed by atoms with Crippen LogP contribution in [-0.2, 0) is 0 Å². The summed E-state index contributed by atoms with van der Waals surface area (Å²) >= 11 is 9.94. The lowest BCUT2D eigenvalue weighted by atomic mass is 10.2. The van der Waals surface area contributed by atoms with Gasteiger partial charge >= 0.3 is 0 Å². The average Bonchev–Trinajstić information content (AvgIpc) is 1.99. The van der Waals surface area contributed by atoms with Crippen LogP contribution in [0.15, 0.2) is 18.2 Å². The first kappa shape index (κ1) is 8.75. The molecule has 1 aromatic carbocycles. The summed E-state index contributed by atoms with van der Waals surface area (Å²) in [5.74, 6) is 0.626. The van der Waals surface area contributed by atoms with Crippen molar-refractivity contribution in [3.05, 3.63) is 28.8 Å². The third-order valence-electron chi connectivity index (χ3n) is 1.54. The minimum Gasteiger partial charge on any atom is -0.376 e. The van der Waals surface area contributed by atoms with E-state index in [-0.39, 0.29) is 0 Å². The van der Waals surface area contributed by atoms with E-state index in [1.165, 1.54) is 0 Å². The standard InChI is InChI=1S/C8H10ClNS/c1-6-7(9)3-2-4-8(6)10-5-11/h2-4,10-11H,5H2,1H3. The van der Waals surface area contributed by atoms with E-state index in [9.17, 15) is 0 Å². The van der Waals surface area contributed by atoms with Crippen LogP contribution in [0.25, 0.3) is 0 Å². The van der Waals surface area contributed by atoms with Gasteiger partial charge in [0.15, 0.2) is 0 Å². The summed E-state index contributed by atoms with van der Waals surface area (Å²) in [6.45, 7) is 1.98. The maximum absolute atomic E-state index is 5.88. The SMILES string of the molecule is Cc1c(Cl)cccc1NCS. The van der Waals surface area contributed by atoms with Gasteiger partial charge in [-0.1, -0.05) is 17.7 Å². The highest BCUT2D eigenvalue weighted by Gasteiger charge is 1.98. The topological polar surface area (TPSA) is 12.0 Å². The smallest absolute Gasteiger partial charge is 0.0581 e. The molecule has 0 aliphatic carbocycles. The van der Waals surface area contributed by atoms with Gasteiger partial charge in [-0.25, -0.2) is 0 Å². The van der Waals surface area contributed by atoms with Crippen LogP contribution in [0.3, 0.4) is 0 Å². The van der Waals surface area contributed by atoms with Gasteiger partial charge < -0.3 is 5.32 Å². The summed E-state index contributed by atoms with van der Waals surface area (Å²) in [7, 11) is 0. The molecule has 0 aromatic heterocycles. The Bertz CT molecular complexity index is 250. The zero-order valence-corrected chi connectivity index (χ0v) is 7.91. The second-order valence-electron chi connectivity index (χ2n) is 2.25. The van der Waals surface area contributed by atoms with Gasteiger partial charge in [-0.15, -0.1) is 0 Å². The summed E-state index contributed by atoms with van der Waals surface area (Å²) in [6.07, 6.45) is 0. The monoisotopic (exact) mass is 187 g/mol. The van der Waals surface area contributed by atoms with E-state index < -0.39 is 0 Å². The van der Waals surface area contributed by atoms with E-state index in [1.54, 1.807) is 0 Å². The molecular formula is C8H10ClNS. The van der Waals surface area contributed by atoms with Crippen molar-refractivity contribution < 1.29 is 0 Å². The summed E-state index contributed by atoms with van der Waals surface area (Å²) in [5.41, 5.74) is 2.12. The second-order valence-corrected chi connectivity index (χ2v) is 2.97. The summed E-state index contributed by atoms with van der Waals surface area (Å²) < 4.78 is 0. The highest BCUT2D eigenvalue weighted by atomic mass is 35.5. The Morgan fingerprint density at radius 1 is 1.55 bits per heavy atom. The molecule has 0 fully saturated rings. The van der Waals surface area contributed by atoms with Crippen molar-refractivity contribution in [1.29, 1.82) is 0 Å². The molecule has 1 nitrogen and oxygen atoms in total. The third kappa shape index (κ3) is 2.04. The molecule has 0 heterocycles. The third-order valence-corrected chi connectivity index (χ3v) is 2.10. The van der Waals surface area contributed by atoms with Crippen molar-refractivity contribution in [2.75, 3.05) is 11.2 Å². The number of anilines is 1. The number of halogens is 1. The molecule has 60 valence electrons. The normalized spacial score (nSPS) is 9.73. The van der Waals surface area contributed by atoms with Gasteiger partial charge in [-0.05, 0) is 24.6 Å². The molecule has 0 saturated heterocycles. The maximum atomic E-state index is 5.88. The molecule has 0 aliphatic heterocycles. The van der Waals surface area contributed by atoms with Gasteiger partial charge in [0.1, 0.15) is 0 Å². The van der Waals surface area contributed by atoms with E-state index in [1.807, 2.05) is 25.1 Å². The van der Waals surface area contributed by atoms with E-state index in [0.29, 0.717) is 5.88 Å². The molecule has 0 atom stereocenters. The molecule has 0 unspecified atom stereocenters. The van der Waals surface area contributed by atoms with Gasteiger partial charge in [0.2, 0.25) is 0 Å². The van der Waals surface area contributed by atoms with Crippen LogP contribution in [0.2, 0.25) is 5.02 Å². The minimum absolute atomic E-state index is 0.626. The molecule has 11 heavy (non-hydrogen) atoms. The Labute approximate surface area is 77.2 Å². The molecule has 0 bridgehead atoms. The summed E-state index contributed by atoms with van der Waals surface area (Å²) in [5, 5.41) is 3.89. The van der Waals surface area contributed by atoms with Crippen molar-refractivity contribution >= 4 is 29.9 Å². The van der Waals surface area contributed by atoms with Gasteiger partial charge in [0, 0.05) is 10.7 Å². The quantitative estimate of drug-likeness (QED) is 0.536. The lowest BCUT2D eigenvalue weighted by Crippen LogP contribution is -1.96. The van der Waals surface area contributed by atoms with Crippen LogP contribution >= 0.6 is 24.2 Å². The first-order valence-electron chi connectivity index (χ1n) is 3.35. The molecule has 1 rings (SSSR count). The zero-order valence-electron chi connectivity index (χ0n) is 6.26. The largest absolute Gasteiger partial charge is 0.376 e. The molecule has 0 amide bonds. The Morgan fingerprint density at radius 3 is 2.91 bits per heavy atom. The molecule has 3 heteroatoms. The van der Waals surface area contributed by atoms with Crippen molar-refractivity contribution in [3.63, 3.8) is 0 Å². The predicted molar refractivity (Wildman–Crippen MR) is 53.7 cm³/mol. The number of hydrogen-bond acceptors (Lipinski definition) is 2. The predicted octanol–water partition coefficient (Wildman–Crippen LogP) is 2.95. The number of benzene rings is 1. The molecular weight excluding hydrogens is 178 g/mol. The van der Waals surface area contributed by atoms with E-state index >= 15 is 0 Å². The van der Waals surface area contributed by atoms with Gasteiger partial charge in [0.25, 0.3) is 0 Å². The van der Waals surface area contributed by atoms with E-state index in [4.69, 9.17) is 11.6 Å². The Balaban J connectivity index is 2.96. The number of thiol groups is 1. The molecule has 1 N–H and O–H groups in total. The van der Waals surface area contributed by atoms with Gasteiger partial charge in [-0.3, -0.25) is 0 Å². The first-order chi connectivity index (χ1) is 5.25. The zero-order chi connectivity index (χ0) is 8.27. The fraction of sp³-hybridized carbons (Fsp3) is 0.250. The van der Waals surface area contributed by atoms with Gasteiger partial charge in [0.05, 0.1) is 5.88 Å². The number of nitrogens with one attached hydrogen (secondary N) is 1. The summed E-state index contributed by atoms with van der Waals surface area (Å²) in [4.78, 5) is 0. The molecule has 0 spiro atoms. The van der Waals surface area contributed by atoms with Crippen LogP contribution in [0.1, 0.15) is 5.56 Å². The lowest BCUT2D eigenvalue weighted by Gasteiger charge is -2.07. The minimum atomic E-state index is 0.626. The molecule has 0 radical (unpaired) electrons. The number of hydrogen-bond donors (Lipinski definition) is 2. The Kier molecular flexibility index (Phi) is 3.09. The van der Waals surface area contributed by atoms with Crippen LogP contribution < -0.4 is 5.32 Å². The number of rotatable bonds is 2. The molecule has 1 aromatic rings. The molecule has 0 aliphatic rings. The fourth-order valence-electron chi connectivity index (χ4n) is 0.884. The first-order valence-corrected chi connectivity index (χ1v) is 4.36. The van der Waals surface area contributed by atoms with Crippen molar-refractivity contribution in [1.82, 2.24) is 0 Å². The lowest BCUT2D eigenvalue weighted by molar-refractivity contribution is 1.39. The highest BCUT2D eigenvalue weighted by molar-refractivity contribution is 7.80. The highest BCUT2D eigenvalue weighted by Crippen LogP contribution is 2.22. The van der Waals surface area contributed by atoms with Crippen LogP contribution in [0.4, 0.5) is 5.69 Å². The maximum Gasteiger partial charge on any atom is 0.0581 e. The van der Waals surface area contributed by atoms with Crippen molar-refractivity contribution in [2.45, 2.75) is 6.92 Å². The molecule has 0 saturated carbocycles. The van der Waals surface area contributed by atoms with Crippen LogP contribution in [0.5, 0.6) is 0 Å². The van der Waals surface area contributed by atoms with Crippen molar-refractivity contribution in [3.8, 4) is 0 Å².